The van der Waals surface area contributed by atoms with Gasteiger partial charge in [0.05, 0.1) is 0 Å². The zero-order chi connectivity index (χ0) is 9.38. The predicted molar refractivity (Wildman–Crippen MR) is 58.9 cm³/mol. The molecule has 0 aliphatic carbocycles. The maximum absolute atomic E-state index is 4.35. The van der Waals surface area contributed by atoms with Crippen LogP contribution in [-0.4, -0.2) is 0 Å². The molecule has 0 saturated heterocycles. The van der Waals surface area contributed by atoms with Crippen LogP contribution < -0.4 is 10.4 Å². The molecular weight excluding hydrogens is 231 g/mol. The minimum atomic E-state index is 0. The van der Waals surface area contributed by atoms with E-state index in [1.165, 1.54) is 0 Å². The molecule has 1 aromatic carbocycles. The van der Waals surface area contributed by atoms with E-state index in [2.05, 4.69) is 34.9 Å². The second kappa shape index (κ2) is 3.96. The minimum absolute atomic E-state index is 0. The van der Waals surface area contributed by atoms with Crippen molar-refractivity contribution in [3.05, 3.63) is 57.8 Å². The first-order chi connectivity index (χ1) is 6.95. The second-order valence-electron chi connectivity index (χ2n) is 3.22. The molecule has 0 unspecified atom stereocenters. The van der Waals surface area contributed by atoms with Crippen LogP contribution in [-0.2, 0) is 16.8 Å². The van der Waals surface area contributed by atoms with Gasteiger partial charge in [-0.1, -0.05) is 36.4 Å². The van der Waals surface area contributed by atoms with Crippen molar-refractivity contribution in [2.24, 2.45) is 0 Å². The van der Waals surface area contributed by atoms with Gasteiger partial charge < -0.3 is 10.6 Å². The molecule has 0 amide bonds. The average molecular weight is 239 g/mol. The second-order valence-corrected chi connectivity index (χ2v) is 3.22. The summed E-state index contributed by atoms with van der Waals surface area (Å²) in [7, 11) is 0. The number of hydrogen-bond acceptors (Lipinski definition) is 0. The summed E-state index contributed by atoms with van der Waals surface area (Å²) in [6, 6.07) is 4.15. The SMILES string of the molecule is C1=C[N-]c2c3c(ccc2=C1)=CC=C[N-]3.[Co+2]. The van der Waals surface area contributed by atoms with Gasteiger partial charge in [-0.15, -0.1) is 11.4 Å². The fourth-order valence-electron chi connectivity index (χ4n) is 1.68. The Morgan fingerprint density at radius 2 is 1.20 bits per heavy atom. The number of benzene rings is 1. The van der Waals surface area contributed by atoms with Crippen LogP contribution >= 0.6 is 0 Å². The van der Waals surface area contributed by atoms with E-state index < -0.39 is 0 Å². The number of fused-ring (bicyclic) bond motifs is 3. The van der Waals surface area contributed by atoms with Crippen molar-refractivity contribution in [2.75, 3.05) is 0 Å². The Morgan fingerprint density at radius 3 is 1.67 bits per heavy atom. The molecule has 2 aliphatic rings. The van der Waals surface area contributed by atoms with Crippen molar-refractivity contribution >= 4 is 23.5 Å². The van der Waals surface area contributed by atoms with Gasteiger partial charge in [0.2, 0.25) is 0 Å². The van der Waals surface area contributed by atoms with Gasteiger partial charge in [0.1, 0.15) is 0 Å². The van der Waals surface area contributed by atoms with E-state index in [9.17, 15) is 0 Å². The molecule has 0 spiro atoms. The van der Waals surface area contributed by atoms with Gasteiger partial charge >= 0.3 is 16.8 Å². The van der Waals surface area contributed by atoms with E-state index in [0.717, 1.165) is 21.8 Å². The summed E-state index contributed by atoms with van der Waals surface area (Å²) in [6.45, 7) is 0. The van der Waals surface area contributed by atoms with Gasteiger partial charge in [-0.25, -0.2) is 0 Å². The Hall–Kier alpha value is -1.45. The molecule has 1 aromatic rings. The summed E-state index contributed by atoms with van der Waals surface area (Å²) in [6.07, 6.45) is 11.6. The standard InChI is InChI=1S/C12H8N2.Co/c1-3-9-5-6-10-4-2-8-14-12(10)11(9)13-7-1;/h1-8H;/q-2;+2. The van der Waals surface area contributed by atoms with Crippen molar-refractivity contribution in [3.8, 4) is 0 Å². The van der Waals surface area contributed by atoms with Gasteiger partial charge in [0, 0.05) is 0 Å². The molecule has 0 saturated carbocycles. The molecule has 75 valence electrons. The van der Waals surface area contributed by atoms with Crippen molar-refractivity contribution < 1.29 is 16.8 Å². The molecule has 2 heterocycles. The topological polar surface area (TPSA) is 28.2 Å². The molecule has 0 fully saturated rings. The normalized spacial score (nSPS) is 14.4. The van der Waals surface area contributed by atoms with E-state index in [1.54, 1.807) is 12.4 Å². The third kappa shape index (κ3) is 1.60. The molecule has 3 rings (SSSR count). The van der Waals surface area contributed by atoms with Crippen molar-refractivity contribution in [1.82, 2.24) is 0 Å². The Balaban J connectivity index is 0.000000853. The summed E-state index contributed by atoms with van der Waals surface area (Å²) in [5.74, 6) is 0. The molecule has 0 aromatic heterocycles. The maximum atomic E-state index is 4.35. The summed E-state index contributed by atoms with van der Waals surface area (Å²) in [5, 5.41) is 11.0. The summed E-state index contributed by atoms with van der Waals surface area (Å²) in [4.78, 5) is 0. The van der Waals surface area contributed by atoms with Crippen LogP contribution in [0.3, 0.4) is 0 Å². The first-order valence-electron chi connectivity index (χ1n) is 4.53. The van der Waals surface area contributed by atoms with Gasteiger partial charge in [-0.05, 0) is 10.4 Å². The molecule has 1 radical (unpaired) electrons. The Morgan fingerprint density at radius 1 is 0.733 bits per heavy atom. The third-order valence-corrected chi connectivity index (χ3v) is 2.34. The number of nitrogens with zero attached hydrogens (tertiary/aromatic N) is 2. The van der Waals surface area contributed by atoms with Gasteiger partial charge in [0.15, 0.2) is 0 Å². The monoisotopic (exact) mass is 239 g/mol. The van der Waals surface area contributed by atoms with E-state index in [0.29, 0.717) is 0 Å². The predicted octanol–water partition coefficient (Wildman–Crippen LogP) is 2.31. The van der Waals surface area contributed by atoms with E-state index in [4.69, 9.17) is 0 Å². The zero-order valence-corrected chi connectivity index (χ0v) is 8.89. The Kier molecular flexibility index (Phi) is 2.66. The Bertz CT molecular complexity index is 505. The molecule has 2 nitrogen and oxygen atoms in total. The van der Waals surface area contributed by atoms with Crippen molar-refractivity contribution in [1.29, 1.82) is 0 Å². The Labute approximate surface area is 98.3 Å². The van der Waals surface area contributed by atoms with Gasteiger partial charge in [-0.3, -0.25) is 0 Å². The van der Waals surface area contributed by atoms with Crippen LogP contribution in [0.5, 0.6) is 0 Å². The van der Waals surface area contributed by atoms with Crippen LogP contribution in [0.2, 0.25) is 0 Å². The first kappa shape index (κ1) is 10.1. The van der Waals surface area contributed by atoms with Gasteiger partial charge in [0.25, 0.3) is 0 Å². The molecule has 0 N–H and O–H groups in total. The fraction of sp³-hybridized carbons (Fsp3) is 0. The summed E-state index contributed by atoms with van der Waals surface area (Å²) >= 11 is 0. The fourth-order valence-corrected chi connectivity index (χ4v) is 1.68. The van der Waals surface area contributed by atoms with Gasteiger partial charge in [-0.2, -0.15) is 12.4 Å². The van der Waals surface area contributed by atoms with Crippen LogP contribution in [0.15, 0.2) is 36.7 Å². The molecular formula is C12H8CoN2. The molecule has 0 bridgehead atoms. The summed E-state index contributed by atoms with van der Waals surface area (Å²) in [5.41, 5.74) is 1.95. The van der Waals surface area contributed by atoms with Crippen molar-refractivity contribution in [3.63, 3.8) is 0 Å². The van der Waals surface area contributed by atoms with E-state index in [-0.39, 0.29) is 16.8 Å². The third-order valence-electron chi connectivity index (χ3n) is 2.34. The minimum Gasteiger partial charge on any atom is -0.665 e. The summed E-state index contributed by atoms with van der Waals surface area (Å²) < 4.78 is 0. The van der Waals surface area contributed by atoms with E-state index in [1.807, 2.05) is 12.2 Å². The van der Waals surface area contributed by atoms with Crippen LogP contribution in [0.4, 0.5) is 11.4 Å². The van der Waals surface area contributed by atoms with E-state index >= 15 is 0 Å². The van der Waals surface area contributed by atoms with Crippen LogP contribution in [0.25, 0.3) is 22.8 Å². The number of allylic oxidation sites excluding steroid dienone is 2. The van der Waals surface area contributed by atoms with Crippen molar-refractivity contribution in [2.45, 2.75) is 0 Å². The zero-order valence-electron chi connectivity index (χ0n) is 7.85. The quantitative estimate of drug-likeness (QED) is 0.664. The molecule has 2 aliphatic heterocycles. The maximum Gasteiger partial charge on any atom is 2.00 e. The number of hydrogen-bond donors (Lipinski definition) is 0. The largest absolute Gasteiger partial charge is 2.00 e. The number of rotatable bonds is 0. The van der Waals surface area contributed by atoms with Crippen LogP contribution in [0, 0.1) is 0 Å². The average Bonchev–Trinajstić information content (AvgIpc) is 2.29. The molecule has 15 heavy (non-hydrogen) atoms. The molecule has 0 atom stereocenters. The van der Waals surface area contributed by atoms with Crippen LogP contribution in [0.1, 0.15) is 0 Å². The first-order valence-corrected chi connectivity index (χ1v) is 4.53. The smallest absolute Gasteiger partial charge is 0.665 e. The molecule has 3 heteroatoms.